The summed E-state index contributed by atoms with van der Waals surface area (Å²) in [6.45, 7) is 0.652. The minimum Gasteiger partial charge on any atom is -0.319 e. The molecule has 4 nitrogen and oxygen atoms in total. The first-order chi connectivity index (χ1) is 9.26. The maximum Gasteiger partial charge on any atom is 0.226 e. The summed E-state index contributed by atoms with van der Waals surface area (Å²) in [7, 11) is 1.82. The molecule has 1 heterocycles. The number of fused-ring (bicyclic) bond motifs is 1. The van der Waals surface area contributed by atoms with Crippen LogP contribution < -0.4 is 10.6 Å². The Kier molecular flexibility index (Phi) is 4.94. The molecule has 0 spiro atoms. The van der Waals surface area contributed by atoms with E-state index in [4.69, 9.17) is 0 Å². The predicted octanol–water partition coefficient (Wildman–Crippen LogP) is 2.44. The van der Waals surface area contributed by atoms with E-state index < -0.39 is 0 Å². The number of thiophene rings is 1. The molecule has 0 bridgehead atoms. The molecule has 2 N–H and O–H groups in total. The van der Waals surface area contributed by atoms with E-state index >= 15 is 0 Å². The summed E-state index contributed by atoms with van der Waals surface area (Å²) in [5.74, 6) is -0.0257. The summed E-state index contributed by atoms with van der Waals surface area (Å²) in [6, 6.07) is 2.27. The highest BCUT2D eigenvalue weighted by Gasteiger charge is 2.20. The molecule has 2 rings (SSSR count). The van der Waals surface area contributed by atoms with Crippen LogP contribution in [0.25, 0.3) is 0 Å². The molecule has 5 heteroatoms. The van der Waals surface area contributed by atoms with Gasteiger partial charge in [0.1, 0.15) is 11.1 Å². The van der Waals surface area contributed by atoms with Crippen LogP contribution in [0.4, 0.5) is 5.00 Å². The summed E-state index contributed by atoms with van der Waals surface area (Å²) in [5, 5.41) is 15.9. The SMILES string of the molecule is CNCCC(=O)Nc1sc2c(c1C#N)CCCCC2. The zero-order chi connectivity index (χ0) is 13.7. The van der Waals surface area contributed by atoms with Gasteiger partial charge in [0.2, 0.25) is 5.91 Å². The van der Waals surface area contributed by atoms with Crippen LogP contribution in [0.2, 0.25) is 0 Å². The van der Waals surface area contributed by atoms with Crippen LogP contribution >= 0.6 is 11.3 Å². The lowest BCUT2D eigenvalue weighted by atomic mass is 10.1. The van der Waals surface area contributed by atoms with Crippen LogP contribution in [0, 0.1) is 11.3 Å². The van der Waals surface area contributed by atoms with Crippen molar-refractivity contribution in [3.05, 3.63) is 16.0 Å². The molecule has 102 valence electrons. The molecule has 1 amide bonds. The van der Waals surface area contributed by atoms with Gasteiger partial charge in [0.05, 0.1) is 5.56 Å². The van der Waals surface area contributed by atoms with Crippen LogP contribution in [-0.4, -0.2) is 19.5 Å². The zero-order valence-electron chi connectivity index (χ0n) is 11.2. The first kappa shape index (κ1) is 14.0. The van der Waals surface area contributed by atoms with Crippen molar-refractivity contribution in [1.82, 2.24) is 5.32 Å². The lowest BCUT2D eigenvalue weighted by Crippen LogP contribution is -2.18. The molecule has 1 aromatic heterocycles. The van der Waals surface area contributed by atoms with Gasteiger partial charge >= 0.3 is 0 Å². The van der Waals surface area contributed by atoms with Crippen LogP contribution in [0.15, 0.2) is 0 Å². The molecule has 0 aromatic carbocycles. The number of rotatable bonds is 4. The molecule has 0 unspecified atom stereocenters. The van der Waals surface area contributed by atoms with Crippen LogP contribution in [0.3, 0.4) is 0 Å². The van der Waals surface area contributed by atoms with Gasteiger partial charge in [0.25, 0.3) is 0 Å². The number of anilines is 1. The number of carbonyl (C=O) groups is 1. The van der Waals surface area contributed by atoms with Gasteiger partial charge in [-0.2, -0.15) is 5.26 Å². The fraction of sp³-hybridized carbons (Fsp3) is 0.571. The Hall–Kier alpha value is -1.38. The van der Waals surface area contributed by atoms with Crippen molar-refractivity contribution in [1.29, 1.82) is 5.26 Å². The number of nitrogens with zero attached hydrogens (tertiary/aromatic N) is 1. The molecule has 19 heavy (non-hydrogen) atoms. The Bertz CT molecular complexity index is 502. The van der Waals surface area contributed by atoms with E-state index in [0.29, 0.717) is 18.5 Å². The molecule has 0 aliphatic heterocycles. The number of nitrogens with one attached hydrogen (secondary N) is 2. The molecule has 1 aliphatic rings. The highest BCUT2D eigenvalue weighted by Crippen LogP contribution is 2.36. The summed E-state index contributed by atoms with van der Waals surface area (Å²) in [5.41, 5.74) is 1.87. The minimum atomic E-state index is -0.0257. The predicted molar refractivity (Wildman–Crippen MR) is 77.5 cm³/mol. The van der Waals surface area contributed by atoms with Gasteiger partial charge < -0.3 is 10.6 Å². The van der Waals surface area contributed by atoms with Crippen molar-refractivity contribution in [2.45, 2.75) is 38.5 Å². The van der Waals surface area contributed by atoms with Gasteiger partial charge in [-0.3, -0.25) is 4.79 Å². The third-order valence-electron chi connectivity index (χ3n) is 3.39. The largest absolute Gasteiger partial charge is 0.319 e. The van der Waals surface area contributed by atoms with Gasteiger partial charge in [-0.25, -0.2) is 0 Å². The van der Waals surface area contributed by atoms with Gasteiger partial charge in [-0.1, -0.05) is 6.42 Å². The van der Waals surface area contributed by atoms with E-state index in [2.05, 4.69) is 16.7 Å². The van der Waals surface area contributed by atoms with Crippen LogP contribution in [-0.2, 0) is 17.6 Å². The van der Waals surface area contributed by atoms with Gasteiger partial charge in [-0.05, 0) is 38.3 Å². The third kappa shape index (κ3) is 3.34. The maximum atomic E-state index is 11.8. The van der Waals surface area contributed by atoms with Crippen molar-refractivity contribution in [3.63, 3.8) is 0 Å². The van der Waals surface area contributed by atoms with Crippen molar-refractivity contribution in [2.75, 3.05) is 18.9 Å². The molecule has 0 atom stereocenters. The molecule has 1 aliphatic carbocycles. The average Bonchev–Trinajstić information content (AvgIpc) is 2.58. The third-order valence-corrected chi connectivity index (χ3v) is 4.60. The van der Waals surface area contributed by atoms with E-state index in [1.807, 2.05) is 7.05 Å². The molecule has 0 saturated heterocycles. The van der Waals surface area contributed by atoms with E-state index in [-0.39, 0.29) is 5.91 Å². The van der Waals surface area contributed by atoms with E-state index in [1.54, 1.807) is 11.3 Å². The van der Waals surface area contributed by atoms with Crippen LogP contribution in [0.5, 0.6) is 0 Å². The molecular weight excluding hydrogens is 258 g/mol. The summed E-state index contributed by atoms with van der Waals surface area (Å²) < 4.78 is 0. The maximum absolute atomic E-state index is 11.8. The fourth-order valence-electron chi connectivity index (χ4n) is 2.38. The van der Waals surface area contributed by atoms with Gasteiger partial charge in [0, 0.05) is 17.8 Å². The monoisotopic (exact) mass is 277 g/mol. The summed E-state index contributed by atoms with van der Waals surface area (Å²) in [6.07, 6.45) is 6.01. The van der Waals surface area contributed by atoms with Gasteiger partial charge in [0.15, 0.2) is 0 Å². The second-order valence-corrected chi connectivity index (χ2v) is 5.89. The Morgan fingerprint density at radius 3 is 2.89 bits per heavy atom. The smallest absolute Gasteiger partial charge is 0.226 e. The number of nitriles is 1. The first-order valence-corrected chi connectivity index (χ1v) is 7.57. The Morgan fingerprint density at radius 1 is 1.37 bits per heavy atom. The number of carbonyl (C=O) groups excluding carboxylic acids is 1. The first-order valence-electron chi connectivity index (χ1n) is 6.75. The van der Waals surface area contributed by atoms with E-state index in [0.717, 1.165) is 24.3 Å². The zero-order valence-corrected chi connectivity index (χ0v) is 12.0. The summed E-state index contributed by atoms with van der Waals surface area (Å²) >= 11 is 1.59. The lowest BCUT2D eigenvalue weighted by molar-refractivity contribution is -0.116. The molecule has 0 saturated carbocycles. The van der Waals surface area contributed by atoms with Crippen molar-refractivity contribution in [3.8, 4) is 6.07 Å². The van der Waals surface area contributed by atoms with Gasteiger partial charge in [-0.15, -0.1) is 11.3 Å². The quantitative estimate of drug-likeness (QED) is 0.831. The normalized spacial score (nSPS) is 14.3. The highest BCUT2D eigenvalue weighted by molar-refractivity contribution is 7.16. The highest BCUT2D eigenvalue weighted by atomic mass is 32.1. The Balaban J connectivity index is 2.17. The number of hydrogen-bond acceptors (Lipinski definition) is 4. The van der Waals surface area contributed by atoms with Crippen molar-refractivity contribution < 1.29 is 4.79 Å². The van der Waals surface area contributed by atoms with Crippen molar-refractivity contribution >= 4 is 22.2 Å². The topological polar surface area (TPSA) is 64.9 Å². The molecule has 0 fully saturated rings. The molecular formula is C14H19N3OS. The Morgan fingerprint density at radius 2 is 2.16 bits per heavy atom. The second kappa shape index (κ2) is 6.69. The summed E-state index contributed by atoms with van der Waals surface area (Å²) in [4.78, 5) is 13.1. The second-order valence-electron chi connectivity index (χ2n) is 4.78. The number of hydrogen-bond donors (Lipinski definition) is 2. The van der Waals surface area contributed by atoms with E-state index in [9.17, 15) is 10.1 Å². The van der Waals surface area contributed by atoms with Crippen molar-refractivity contribution in [2.24, 2.45) is 0 Å². The number of amides is 1. The van der Waals surface area contributed by atoms with Crippen LogP contribution in [0.1, 0.15) is 41.7 Å². The fourth-order valence-corrected chi connectivity index (χ4v) is 3.63. The Labute approximate surface area is 117 Å². The standard InChI is InChI=1S/C14H19N3OS/c1-16-8-7-13(18)17-14-11(9-15)10-5-3-2-4-6-12(10)19-14/h16H,2-8H2,1H3,(H,17,18). The lowest BCUT2D eigenvalue weighted by Gasteiger charge is -2.03. The number of aryl methyl sites for hydroxylation is 1. The molecule has 1 aromatic rings. The van der Waals surface area contributed by atoms with E-state index in [1.165, 1.54) is 23.3 Å². The average molecular weight is 277 g/mol. The molecule has 0 radical (unpaired) electrons. The minimum absolute atomic E-state index is 0.0257.